The Morgan fingerprint density at radius 3 is 2.57 bits per heavy atom. The molecular weight excluding hydrogens is 285 g/mol. The highest BCUT2D eigenvalue weighted by atomic mass is 19.4. The molecule has 1 heterocycles. The first kappa shape index (κ1) is 15.6. The zero-order chi connectivity index (χ0) is 15.5. The molecule has 2 atom stereocenters. The van der Waals surface area contributed by atoms with Gasteiger partial charge in [0.1, 0.15) is 5.75 Å². The molecule has 0 aliphatic carbocycles. The van der Waals surface area contributed by atoms with Crippen LogP contribution in [0.5, 0.6) is 5.75 Å². The van der Waals surface area contributed by atoms with Crippen LogP contribution in [0.4, 0.5) is 13.2 Å². The molecule has 1 aromatic carbocycles. The molecule has 1 aliphatic rings. The highest BCUT2D eigenvalue weighted by molar-refractivity contribution is 5.94. The maximum atomic E-state index is 12.1. The van der Waals surface area contributed by atoms with Crippen molar-refractivity contribution in [1.82, 2.24) is 10.6 Å². The lowest BCUT2D eigenvalue weighted by molar-refractivity contribution is -0.274. The Morgan fingerprint density at radius 2 is 2.00 bits per heavy atom. The van der Waals surface area contributed by atoms with Crippen LogP contribution in [0.2, 0.25) is 0 Å². The van der Waals surface area contributed by atoms with E-state index in [0.29, 0.717) is 5.56 Å². The van der Waals surface area contributed by atoms with Crippen LogP contribution < -0.4 is 15.4 Å². The van der Waals surface area contributed by atoms with E-state index >= 15 is 0 Å². The Morgan fingerprint density at radius 1 is 1.33 bits per heavy atom. The highest BCUT2D eigenvalue weighted by Gasteiger charge is 2.31. The van der Waals surface area contributed by atoms with Crippen LogP contribution in [0.1, 0.15) is 30.1 Å². The third-order valence-corrected chi connectivity index (χ3v) is 3.43. The van der Waals surface area contributed by atoms with Gasteiger partial charge in [0, 0.05) is 17.6 Å². The summed E-state index contributed by atoms with van der Waals surface area (Å²) in [6.45, 7) is 2.92. The summed E-state index contributed by atoms with van der Waals surface area (Å²) in [5.41, 5.74) is 0.308. The first-order valence-corrected chi connectivity index (χ1v) is 6.75. The Bertz CT molecular complexity index is 488. The molecule has 0 aromatic heterocycles. The van der Waals surface area contributed by atoms with E-state index in [4.69, 9.17) is 0 Å². The van der Waals surface area contributed by atoms with Crippen molar-refractivity contribution < 1.29 is 22.7 Å². The number of benzene rings is 1. The lowest BCUT2D eigenvalue weighted by atomic mass is 9.99. The van der Waals surface area contributed by atoms with Crippen LogP contribution in [0.25, 0.3) is 0 Å². The van der Waals surface area contributed by atoms with Crippen LogP contribution in [0, 0.1) is 0 Å². The lowest BCUT2D eigenvalue weighted by Crippen LogP contribution is -2.51. The number of hydrogen-bond acceptors (Lipinski definition) is 3. The Hall–Kier alpha value is -1.76. The number of amides is 1. The lowest BCUT2D eigenvalue weighted by Gasteiger charge is -2.30. The number of ether oxygens (including phenoxy) is 1. The Kier molecular flexibility index (Phi) is 4.72. The third-order valence-electron chi connectivity index (χ3n) is 3.43. The van der Waals surface area contributed by atoms with Crippen molar-refractivity contribution >= 4 is 5.91 Å². The van der Waals surface area contributed by atoms with E-state index in [9.17, 15) is 18.0 Å². The normalized spacial score (nSPS) is 22.7. The number of rotatable bonds is 3. The summed E-state index contributed by atoms with van der Waals surface area (Å²) in [6.07, 6.45) is -2.87. The van der Waals surface area contributed by atoms with Crippen LogP contribution >= 0.6 is 0 Å². The standard InChI is InChI=1S/C14H17F3N2O2/c1-9-12(3-2-8-18-9)19-13(20)10-4-6-11(7-5-10)21-14(15,16)17/h4-7,9,12,18H,2-3,8H2,1H3,(H,19,20). The average molecular weight is 302 g/mol. The van der Waals surface area contributed by atoms with Gasteiger partial charge in [0.05, 0.1) is 0 Å². The smallest absolute Gasteiger partial charge is 0.406 e. The molecule has 1 aromatic rings. The van der Waals surface area contributed by atoms with Gasteiger partial charge in [-0.25, -0.2) is 0 Å². The van der Waals surface area contributed by atoms with Gasteiger partial charge in [-0.1, -0.05) is 0 Å². The summed E-state index contributed by atoms with van der Waals surface area (Å²) < 4.78 is 39.9. The number of piperidine rings is 1. The van der Waals surface area contributed by atoms with Crippen molar-refractivity contribution in [3.05, 3.63) is 29.8 Å². The van der Waals surface area contributed by atoms with Crippen molar-refractivity contribution in [2.45, 2.75) is 38.2 Å². The highest BCUT2D eigenvalue weighted by Crippen LogP contribution is 2.22. The maximum absolute atomic E-state index is 12.1. The van der Waals surface area contributed by atoms with Gasteiger partial charge in [-0.3, -0.25) is 4.79 Å². The van der Waals surface area contributed by atoms with Crippen LogP contribution in [0.15, 0.2) is 24.3 Å². The van der Waals surface area contributed by atoms with Crippen LogP contribution in [-0.4, -0.2) is 30.9 Å². The summed E-state index contributed by atoms with van der Waals surface area (Å²) in [5.74, 6) is -0.638. The van der Waals surface area contributed by atoms with E-state index in [0.717, 1.165) is 31.5 Å². The fraction of sp³-hybridized carbons (Fsp3) is 0.500. The summed E-state index contributed by atoms with van der Waals surface area (Å²) in [7, 11) is 0. The Balaban J connectivity index is 1.96. The fourth-order valence-corrected chi connectivity index (χ4v) is 2.30. The second-order valence-corrected chi connectivity index (χ2v) is 5.04. The molecule has 7 heteroatoms. The zero-order valence-electron chi connectivity index (χ0n) is 11.5. The molecule has 0 bridgehead atoms. The number of hydrogen-bond donors (Lipinski definition) is 2. The molecule has 1 amide bonds. The van der Waals surface area contributed by atoms with Crippen molar-refractivity contribution in [1.29, 1.82) is 0 Å². The van der Waals surface area contributed by atoms with Gasteiger partial charge in [0.15, 0.2) is 0 Å². The second-order valence-electron chi connectivity index (χ2n) is 5.04. The van der Waals surface area contributed by atoms with Crippen molar-refractivity contribution in [3.8, 4) is 5.75 Å². The minimum absolute atomic E-state index is 0.0253. The molecule has 1 fully saturated rings. The first-order valence-electron chi connectivity index (χ1n) is 6.75. The van der Waals surface area contributed by atoms with Crippen molar-refractivity contribution in [3.63, 3.8) is 0 Å². The van der Waals surface area contributed by atoms with Gasteiger partial charge in [-0.15, -0.1) is 13.2 Å². The molecular formula is C14H17F3N2O2. The average Bonchev–Trinajstić information content (AvgIpc) is 2.40. The Labute approximate surface area is 120 Å². The van der Waals surface area contributed by atoms with Gasteiger partial charge in [0.2, 0.25) is 0 Å². The van der Waals surface area contributed by atoms with E-state index in [1.54, 1.807) is 0 Å². The summed E-state index contributed by atoms with van der Waals surface area (Å²) in [6, 6.07) is 5.10. The van der Waals surface area contributed by atoms with E-state index in [1.165, 1.54) is 12.1 Å². The number of carbonyl (C=O) groups excluding carboxylic acids is 1. The molecule has 0 spiro atoms. The topological polar surface area (TPSA) is 50.4 Å². The predicted molar refractivity (Wildman–Crippen MR) is 71.1 cm³/mol. The van der Waals surface area contributed by atoms with Crippen LogP contribution in [0.3, 0.4) is 0 Å². The van der Waals surface area contributed by atoms with Gasteiger partial charge in [-0.05, 0) is 50.6 Å². The van der Waals surface area contributed by atoms with Crippen molar-refractivity contribution in [2.24, 2.45) is 0 Å². The van der Waals surface area contributed by atoms with E-state index in [2.05, 4.69) is 15.4 Å². The van der Waals surface area contributed by atoms with Crippen LogP contribution in [-0.2, 0) is 0 Å². The predicted octanol–water partition coefficient (Wildman–Crippen LogP) is 2.46. The quantitative estimate of drug-likeness (QED) is 0.902. The second kappa shape index (κ2) is 6.34. The summed E-state index contributed by atoms with van der Waals surface area (Å²) >= 11 is 0. The van der Waals surface area contributed by atoms with Crippen molar-refractivity contribution in [2.75, 3.05) is 6.54 Å². The molecule has 1 saturated heterocycles. The molecule has 4 nitrogen and oxygen atoms in total. The molecule has 116 valence electrons. The number of carbonyl (C=O) groups is 1. The van der Waals surface area contributed by atoms with Gasteiger partial charge >= 0.3 is 6.36 Å². The maximum Gasteiger partial charge on any atom is 0.573 e. The van der Waals surface area contributed by atoms with E-state index in [1.807, 2.05) is 6.92 Å². The SMILES string of the molecule is CC1NCCCC1NC(=O)c1ccc(OC(F)(F)F)cc1. The zero-order valence-corrected chi connectivity index (χ0v) is 11.5. The molecule has 2 rings (SSSR count). The van der Waals surface area contributed by atoms with E-state index in [-0.39, 0.29) is 23.7 Å². The third kappa shape index (κ3) is 4.63. The number of alkyl halides is 3. The monoisotopic (exact) mass is 302 g/mol. The molecule has 2 N–H and O–H groups in total. The largest absolute Gasteiger partial charge is 0.573 e. The minimum Gasteiger partial charge on any atom is -0.406 e. The van der Waals surface area contributed by atoms with Gasteiger partial charge in [-0.2, -0.15) is 0 Å². The minimum atomic E-state index is -4.73. The molecule has 21 heavy (non-hydrogen) atoms. The summed E-state index contributed by atoms with van der Waals surface area (Å²) in [4.78, 5) is 12.1. The number of halogens is 3. The molecule has 0 saturated carbocycles. The molecule has 1 aliphatic heterocycles. The molecule has 2 unspecified atom stereocenters. The van der Waals surface area contributed by atoms with Gasteiger partial charge in [0.25, 0.3) is 5.91 Å². The molecule has 0 radical (unpaired) electrons. The van der Waals surface area contributed by atoms with E-state index < -0.39 is 6.36 Å². The summed E-state index contributed by atoms with van der Waals surface area (Å²) in [5, 5.41) is 6.15. The van der Waals surface area contributed by atoms with Gasteiger partial charge < -0.3 is 15.4 Å². The first-order chi connectivity index (χ1) is 9.85. The number of nitrogens with one attached hydrogen (secondary N) is 2. The fourth-order valence-electron chi connectivity index (χ4n) is 2.30.